The highest BCUT2D eigenvalue weighted by Gasteiger charge is 2.44. The highest BCUT2D eigenvalue weighted by atomic mass is 19.4. The molecule has 2 heterocycles. The van der Waals surface area contributed by atoms with Crippen LogP contribution in [0.5, 0.6) is 0 Å². The SMILES string of the molecule is CN1C(=O)C[C@H](C(=O)N2CCNCC2)[C@@H]1c1ccc(C(F)(F)F)cc1. The number of nitrogens with one attached hydrogen (secondary N) is 1. The quantitative estimate of drug-likeness (QED) is 0.878. The van der Waals surface area contributed by atoms with Crippen molar-refractivity contribution in [2.45, 2.75) is 18.6 Å². The van der Waals surface area contributed by atoms with E-state index in [0.717, 1.165) is 12.1 Å². The maximum Gasteiger partial charge on any atom is 0.416 e. The lowest BCUT2D eigenvalue weighted by atomic mass is 9.91. The Morgan fingerprint density at radius 3 is 2.32 bits per heavy atom. The summed E-state index contributed by atoms with van der Waals surface area (Å²) in [6.45, 7) is 2.56. The Balaban J connectivity index is 1.86. The molecule has 5 nitrogen and oxygen atoms in total. The van der Waals surface area contributed by atoms with E-state index in [0.29, 0.717) is 31.7 Å². The number of hydrogen-bond donors (Lipinski definition) is 1. The molecule has 2 aliphatic rings. The molecule has 0 radical (unpaired) electrons. The van der Waals surface area contributed by atoms with Gasteiger partial charge in [-0.1, -0.05) is 12.1 Å². The number of nitrogens with zero attached hydrogens (tertiary/aromatic N) is 2. The van der Waals surface area contributed by atoms with Gasteiger partial charge in [0.2, 0.25) is 11.8 Å². The van der Waals surface area contributed by atoms with Crippen molar-refractivity contribution in [2.24, 2.45) is 5.92 Å². The Morgan fingerprint density at radius 1 is 1.16 bits per heavy atom. The number of rotatable bonds is 2. The number of halogens is 3. The van der Waals surface area contributed by atoms with Gasteiger partial charge in [-0.25, -0.2) is 0 Å². The zero-order valence-electron chi connectivity index (χ0n) is 13.8. The normalized spacial score (nSPS) is 24.7. The third-order valence-electron chi connectivity index (χ3n) is 4.91. The molecule has 1 aromatic carbocycles. The molecule has 2 aliphatic heterocycles. The molecular formula is C17H20F3N3O2. The third kappa shape index (κ3) is 3.49. The highest BCUT2D eigenvalue weighted by molar-refractivity contribution is 5.90. The second kappa shape index (κ2) is 6.67. The Hall–Kier alpha value is -2.09. The molecule has 1 N–H and O–H groups in total. The molecular weight excluding hydrogens is 335 g/mol. The summed E-state index contributed by atoms with van der Waals surface area (Å²) in [5, 5.41) is 3.16. The molecule has 136 valence electrons. The van der Waals surface area contributed by atoms with E-state index < -0.39 is 23.7 Å². The molecule has 0 unspecified atom stereocenters. The first-order valence-corrected chi connectivity index (χ1v) is 8.21. The van der Waals surface area contributed by atoms with Crippen molar-refractivity contribution in [1.82, 2.24) is 15.1 Å². The predicted octanol–water partition coefficient (Wildman–Crippen LogP) is 1.66. The fourth-order valence-corrected chi connectivity index (χ4v) is 3.54. The van der Waals surface area contributed by atoms with Gasteiger partial charge in [0.05, 0.1) is 17.5 Å². The van der Waals surface area contributed by atoms with Crippen LogP contribution in [-0.2, 0) is 15.8 Å². The minimum absolute atomic E-state index is 0.0882. The number of likely N-dealkylation sites (tertiary alicyclic amines) is 1. The molecule has 0 aromatic heterocycles. The van der Waals surface area contributed by atoms with Crippen LogP contribution in [0.15, 0.2) is 24.3 Å². The first-order valence-electron chi connectivity index (χ1n) is 8.21. The summed E-state index contributed by atoms with van der Waals surface area (Å²) in [5.74, 6) is -0.838. The lowest BCUT2D eigenvalue weighted by molar-refractivity contribution is -0.138. The van der Waals surface area contributed by atoms with Crippen molar-refractivity contribution >= 4 is 11.8 Å². The molecule has 0 aliphatic carbocycles. The van der Waals surface area contributed by atoms with Crippen LogP contribution < -0.4 is 5.32 Å². The number of piperazine rings is 1. The van der Waals surface area contributed by atoms with Crippen LogP contribution in [0.2, 0.25) is 0 Å². The molecule has 2 atom stereocenters. The molecule has 0 saturated carbocycles. The van der Waals surface area contributed by atoms with Gasteiger partial charge in [-0.2, -0.15) is 13.2 Å². The minimum Gasteiger partial charge on any atom is -0.340 e. The van der Waals surface area contributed by atoms with Crippen molar-refractivity contribution < 1.29 is 22.8 Å². The zero-order valence-corrected chi connectivity index (χ0v) is 13.8. The number of benzene rings is 1. The van der Waals surface area contributed by atoms with Crippen molar-refractivity contribution in [3.05, 3.63) is 35.4 Å². The largest absolute Gasteiger partial charge is 0.416 e. The van der Waals surface area contributed by atoms with Crippen LogP contribution in [0.4, 0.5) is 13.2 Å². The summed E-state index contributed by atoms with van der Waals surface area (Å²) in [6.07, 6.45) is -4.32. The number of carbonyl (C=O) groups is 2. The van der Waals surface area contributed by atoms with E-state index >= 15 is 0 Å². The van der Waals surface area contributed by atoms with Gasteiger partial charge in [0.15, 0.2) is 0 Å². The van der Waals surface area contributed by atoms with Crippen molar-refractivity contribution in [3.63, 3.8) is 0 Å². The van der Waals surface area contributed by atoms with Crippen LogP contribution in [-0.4, -0.2) is 54.8 Å². The number of carbonyl (C=O) groups excluding carboxylic acids is 2. The van der Waals surface area contributed by atoms with Crippen LogP contribution in [0.3, 0.4) is 0 Å². The van der Waals surface area contributed by atoms with Crippen LogP contribution in [0.1, 0.15) is 23.6 Å². The van der Waals surface area contributed by atoms with Crippen molar-refractivity contribution in [1.29, 1.82) is 0 Å². The average Bonchev–Trinajstić information content (AvgIpc) is 2.89. The van der Waals surface area contributed by atoms with Gasteiger partial charge in [0.25, 0.3) is 0 Å². The highest BCUT2D eigenvalue weighted by Crippen LogP contribution is 2.39. The number of hydrogen-bond acceptors (Lipinski definition) is 3. The summed E-state index contributed by atoms with van der Waals surface area (Å²) in [7, 11) is 1.59. The maximum absolute atomic E-state index is 12.8. The fourth-order valence-electron chi connectivity index (χ4n) is 3.54. The molecule has 25 heavy (non-hydrogen) atoms. The van der Waals surface area contributed by atoms with E-state index in [2.05, 4.69) is 5.32 Å². The summed E-state index contributed by atoms with van der Waals surface area (Å²) in [6, 6.07) is 4.19. The van der Waals surface area contributed by atoms with Gasteiger partial charge in [-0.15, -0.1) is 0 Å². The summed E-state index contributed by atoms with van der Waals surface area (Å²) in [5.41, 5.74) is -0.192. The van der Waals surface area contributed by atoms with Gasteiger partial charge in [0, 0.05) is 39.6 Å². The van der Waals surface area contributed by atoms with Gasteiger partial charge in [-0.05, 0) is 17.7 Å². The molecule has 3 rings (SSSR count). The topological polar surface area (TPSA) is 52.7 Å². The number of amides is 2. The maximum atomic E-state index is 12.8. The third-order valence-corrected chi connectivity index (χ3v) is 4.91. The van der Waals surface area contributed by atoms with E-state index in [9.17, 15) is 22.8 Å². The molecule has 2 fully saturated rings. The fraction of sp³-hybridized carbons (Fsp3) is 0.529. The van der Waals surface area contributed by atoms with Crippen molar-refractivity contribution in [3.8, 4) is 0 Å². The Kier molecular flexibility index (Phi) is 4.73. The molecule has 8 heteroatoms. The van der Waals surface area contributed by atoms with Crippen LogP contribution in [0.25, 0.3) is 0 Å². The summed E-state index contributed by atoms with van der Waals surface area (Å²) < 4.78 is 38.3. The zero-order chi connectivity index (χ0) is 18.2. The van der Waals surface area contributed by atoms with Gasteiger partial charge < -0.3 is 15.1 Å². The molecule has 2 amide bonds. The minimum atomic E-state index is -4.41. The second-order valence-corrected chi connectivity index (χ2v) is 6.46. The lowest BCUT2D eigenvalue weighted by Gasteiger charge is -2.32. The van der Waals surface area contributed by atoms with E-state index in [1.54, 1.807) is 11.9 Å². The average molecular weight is 355 g/mol. The Morgan fingerprint density at radius 2 is 1.76 bits per heavy atom. The van der Waals surface area contributed by atoms with Crippen molar-refractivity contribution in [2.75, 3.05) is 33.2 Å². The standard InChI is InChI=1S/C17H20F3N3O2/c1-22-14(24)10-13(16(25)23-8-6-21-7-9-23)15(22)11-2-4-12(5-3-11)17(18,19)20/h2-5,13,15,21H,6-10H2,1H3/t13-,15-/m0/s1. The molecule has 2 saturated heterocycles. The van der Waals surface area contributed by atoms with Crippen LogP contribution >= 0.6 is 0 Å². The Bertz CT molecular complexity index is 654. The monoisotopic (exact) mass is 355 g/mol. The van der Waals surface area contributed by atoms with E-state index in [-0.39, 0.29) is 18.2 Å². The molecule has 0 spiro atoms. The van der Waals surface area contributed by atoms with Crippen LogP contribution in [0, 0.1) is 5.92 Å². The van der Waals surface area contributed by atoms with E-state index in [1.165, 1.54) is 17.0 Å². The van der Waals surface area contributed by atoms with E-state index in [4.69, 9.17) is 0 Å². The van der Waals surface area contributed by atoms with Gasteiger partial charge in [-0.3, -0.25) is 9.59 Å². The second-order valence-electron chi connectivity index (χ2n) is 6.46. The Labute approximate surface area is 143 Å². The molecule has 1 aromatic rings. The number of alkyl halides is 3. The summed E-state index contributed by atoms with van der Waals surface area (Å²) in [4.78, 5) is 28.2. The predicted molar refractivity (Wildman–Crippen MR) is 84.5 cm³/mol. The van der Waals surface area contributed by atoms with E-state index in [1.807, 2.05) is 0 Å². The smallest absolute Gasteiger partial charge is 0.340 e. The summed E-state index contributed by atoms with van der Waals surface area (Å²) >= 11 is 0. The van der Waals surface area contributed by atoms with Gasteiger partial charge >= 0.3 is 6.18 Å². The molecule has 0 bridgehead atoms. The first-order chi connectivity index (χ1) is 11.8. The van der Waals surface area contributed by atoms with Gasteiger partial charge in [0.1, 0.15) is 0 Å². The first kappa shape index (κ1) is 17.7. The lowest BCUT2D eigenvalue weighted by Crippen LogP contribution is -2.49.